The van der Waals surface area contributed by atoms with E-state index in [0.29, 0.717) is 23.0 Å². The normalized spacial score (nSPS) is 43.8. The maximum Gasteiger partial charge on any atom is 0.309 e. The number of rotatable bonds is 4. The molecular weight excluding hydrogens is 372 g/mol. The molecule has 3 nitrogen and oxygen atoms in total. The maximum atomic E-state index is 12.8. The summed E-state index contributed by atoms with van der Waals surface area (Å²) in [4.78, 5) is 24.9. The molecule has 168 valence electrons. The largest absolute Gasteiger partial charge is 0.469 e. The quantitative estimate of drug-likeness (QED) is 0.397. The van der Waals surface area contributed by atoms with E-state index in [4.69, 9.17) is 4.74 Å². The molecule has 4 aliphatic rings. The molecule has 0 aromatic rings. The lowest BCUT2D eigenvalue weighted by Crippen LogP contribution is -2.54. The van der Waals surface area contributed by atoms with E-state index in [9.17, 15) is 9.59 Å². The fraction of sp³-hybridized carbons (Fsp3) is 0.852. The van der Waals surface area contributed by atoms with Crippen molar-refractivity contribution >= 4 is 11.8 Å². The Balaban J connectivity index is 1.58. The number of Topliss-reactive ketones (excluding diaryl/α,β-unsaturated/α-hetero) is 1. The van der Waals surface area contributed by atoms with Gasteiger partial charge < -0.3 is 4.74 Å². The van der Waals surface area contributed by atoms with Crippen LogP contribution in [0, 0.1) is 46.3 Å². The molecule has 0 unspecified atom stereocenters. The lowest BCUT2D eigenvalue weighted by atomic mass is 9.44. The number of ketones is 1. The Hall–Kier alpha value is -1.12. The van der Waals surface area contributed by atoms with E-state index in [0.717, 1.165) is 43.4 Å². The van der Waals surface area contributed by atoms with E-state index in [1.54, 1.807) is 7.11 Å². The fourth-order valence-corrected chi connectivity index (χ4v) is 8.69. The van der Waals surface area contributed by atoms with Crippen LogP contribution in [-0.2, 0) is 14.3 Å². The lowest BCUT2D eigenvalue weighted by Gasteiger charge is -2.60. The topological polar surface area (TPSA) is 43.4 Å². The highest BCUT2D eigenvalue weighted by molar-refractivity contribution is 5.79. The van der Waals surface area contributed by atoms with Crippen molar-refractivity contribution in [2.24, 2.45) is 46.3 Å². The number of hydrogen-bond donors (Lipinski definition) is 0. The van der Waals surface area contributed by atoms with Gasteiger partial charge in [-0.2, -0.15) is 0 Å². The Morgan fingerprint density at radius 3 is 2.50 bits per heavy atom. The first kappa shape index (κ1) is 22.1. The van der Waals surface area contributed by atoms with E-state index >= 15 is 0 Å². The van der Waals surface area contributed by atoms with E-state index in [1.807, 2.05) is 0 Å². The monoisotopic (exact) mass is 414 g/mol. The number of ether oxygens (including phenoxy) is 1. The summed E-state index contributed by atoms with van der Waals surface area (Å²) >= 11 is 0. The van der Waals surface area contributed by atoms with Gasteiger partial charge in [-0.25, -0.2) is 0 Å². The number of carbonyl (C=O) groups excluding carboxylic acids is 2. The molecule has 8 atom stereocenters. The molecule has 0 N–H and O–H groups in total. The molecule has 0 amide bonds. The molecule has 0 aromatic carbocycles. The van der Waals surface area contributed by atoms with Crippen molar-refractivity contribution in [1.82, 2.24) is 0 Å². The summed E-state index contributed by atoms with van der Waals surface area (Å²) in [7, 11) is 1.55. The van der Waals surface area contributed by atoms with E-state index in [1.165, 1.54) is 44.1 Å². The number of allylic oxidation sites excluding steroid dienone is 2. The molecular formula is C27H42O3. The highest BCUT2D eigenvalue weighted by Gasteiger charge is 2.61. The van der Waals surface area contributed by atoms with Gasteiger partial charge in [0, 0.05) is 12.8 Å². The Labute approximate surface area is 183 Å². The third-order valence-electron chi connectivity index (χ3n) is 10.3. The second-order valence-corrected chi connectivity index (χ2v) is 11.8. The van der Waals surface area contributed by atoms with E-state index in [2.05, 4.69) is 33.8 Å². The van der Waals surface area contributed by atoms with Crippen molar-refractivity contribution in [3.8, 4) is 0 Å². The number of carbonyl (C=O) groups is 2. The van der Waals surface area contributed by atoms with Crippen molar-refractivity contribution < 1.29 is 14.3 Å². The minimum Gasteiger partial charge on any atom is -0.469 e. The summed E-state index contributed by atoms with van der Waals surface area (Å²) in [6.45, 7) is 9.25. The van der Waals surface area contributed by atoms with Crippen molar-refractivity contribution in [3.05, 3.63) is 11.6 Å². The molecule has 0 saturated heterocycles. The lowest BCUT2D eigenvalue weighted by molar-refractivity contribution is -0.153. The molecule has 4 rings (SSSR count). The molecule has 4 fully saturated rings. The Bertz CT molecular complexity index is 720. The van der Waals surface area contributed by atoms with Gasteiger partial charge in [-0.1, -0.05) is 25.5 Å². The summed E-state index contributed by atoms with van der Waals surface area (Å²) < 4.78 is 5.29. The van der Waals surface area contributed by atoms with Crippen molar-refractivity contribution in [2.45, 2.75) is 91.9 Å². The zero-order chi connectivity index (χ0) is 21.7. The highest BCUT2D eigenvalue weighted by atomic mass is 16.5. The van der Waals surface area contributed by atoms with Crippen LogP contribution in [0.1, 0.15) is 91.9 Å². The van der Waals surface area contributed by atoms with E-state index in [-0.39, 0.29) is 17.3 Å². The van der Waals surface area contributed by atoms with Crippen LogP contribution < -0.4 is 0 Å². The van der Waals surface area contributed by atoms with Gasteiger partial charge in [-0.3, -0.25) is 9.59 Å². The molecule has 0 radical (unpaired) electrons. The molecule has 30 heavy (non-hydrogen) atoms. The van der Waals surface area contributed by atoms with Crippen LogP contribution in [0.3, 0.4) is 0 Å². The van der Waals surface area contributed by atoms with Crippen molar-refractivity contribution in [3.63, 3.8) is 0 Å². The van der Waals surface area contributed by atoms with Gasteiger partial charge in [-0.05, 0) is 106 Å². The maximum absolute atomic E-state index is 12.8. The second kappa shape index (κ2) is 8.10. The van der Waals surface area contributed by atoms with Gasteiger partial charge in [0.1, 0.15) is 5.78 Å². The Kier molecular flexibility index (Phi) is 5.96. The summed E-state index contributed by atoms with van der Waals surface area (Å²) in [6, 6.07) is 0. The van der Waals surface area contributed by atoms with Crippen LogP contribution in [0.4, 0.5) is 0 Å². The minimum absolute atomic E-state index is 0.00400. The number of hydrogen-bond acceptors (Lipinski definition) is 3. The predicted molar refractivity (Wildman–Crippen MR) is 120 cm³/mol. The molecule has 3 heteroatoms. The van der Waals surface area contributed by atoms with Gasteiger partial charge in [0.15, 0.2) is 0 Å². The first-order valence-corrected chi connectivity index (χ1v) is 12.4. The third kappa shape index (κ3) is 3.48. The molecule has 0 heterocycles. The minimum atomic E-state index is -0.0111. The van der Waals surface area contributed by atoms with Crippen LogP contribution in [0.25, 0.3) is 0 Å². The Morgan fingerprint density at radius 1 is 1.07 bits per heavy atom. The SMILES string of the molecule is COC(=O)[C@H](CC=C(C)C)[C@H]1CC[C@H]2[C@@H]3CC[C@H]4CC(=O)CC[C@]4(C)[C@H]3CC[C@]12C. The standard InChI is InChI=1S/C27H42O3/c1-17(2)6-8-21(25(29)30-5)23-11-10-22-20-9-7-18-16-19(28)12-14-26(18,3)24(20)13-15-27(22,23)4/h6,18,20-24H,7-16H2,1-5H3/t18-,20-,21+,22-,23+,24-,26-,27-/m0/s1. The number of methoxy groups -OCH3 is 1. The molecule has 4 saturated carbocycles. The molecule has 0 bridgehead atoms. The summed E-state index contributed by atoms with van der Waals surface area (Å²) in [5.74, 6) is 3.82. The average molecular weight is 415 g/mol. The summed E-state index contributed by atoms with van der Waals surface area (Å²) in [6.07, 6.45) is 13.3. The van der Waals surface area contributed by atoms with Crippen LogP contribution >= 0.6 is 0 Å². The van der Waals surface area contributed by atoms with Crippen molar-refractivity contribution in [1.29, 1.82) is 0 Å². The molecule has 0 aromatic heterocycles. The smallest absolute Gasteiger partial charge is 0.309 e. The highest BCUT2D eigenvalue weighted by Crippen LogP contribution is 2.68. The molecule has 4 aliphatic carbocycles. The number of fused-ring (bicyclic) bond motifs is 5. The molecule has 0 spiro atoms. The first-order chi connectivity index (χ1) is 14.2. The zero-order valence-electron chi connectivity index (χ0n) is 19.8. The summed E-state index contributed by atoms with van der Waals surface area (Å²) in [5.41, 5.74) is 1.90. The van der Waals surface area contributed by atoms with E-state index < -0.39 is 0 Å². The van der Waals surface area contributed by atoms with Gasteiger partial charge in [0.2, 0.25) is 0 Å². The first-order valence-electron chi connectivity index (χ1n) is 12.4. The second-order valence-electron chi connectivity index (χ2n) is 11.8. The molecule has 0 aliphatic heterocycles. The van der Waals surface area contributed by atoms with Crippen LogP contribution in [-0.4, -0.2) is 18.9 Å². The van der Waals surface area contributed by atoms with Gasteiger partial charge in [0.25, 0.3) is 0 Å². The number of esters is 1. The predicted octanol–water partition coefficient (Wildman–Crippen LogP) is 6.36. The fourth-order valence-electron chi connectivity index (χ4n) is 8.69. The van der Waals surface area contributed by atoms with Gasteiger partial charge >= 0.3 is 5.97 Å². The zero-order valence-corrected chi connectivity index (χ0v) is 19.8. The van der Waals surface area contributed by atoms with Crippen molar-refractivity contribution in [2.75, 3.05) is 7.11 Å². The van der Waals surface area contributed by atoms with Gasteiger partial charge in [0.05, 0.1) is 13.0 Å². The van der Waals surface area contributed by atoms with Crippen LogP contribution in [0.5, 0.6) is 0 Å². The Morgan fingerprint density at radius 2 is 1.80 bits per heavy atom. The average Bonchev–Trinajstić information content (AvgIpc) is 3.05. The van der Waals surface area contributed by atoms with Gasteiger partial charge in [-0.15, -0.1) is 0 Å². The summed E-state index contributed by atoms with van der Waals surface area (Å²) in [5, 5.41) is 0. The third-order valence-corrected chi connectivity index (χ3v) is 10.3. The van der Waals surface area contributed by atoms with Crippen LogP contribution in [0.2, 0.25) is 0 Å². The van der Waals surface area contributed by atoms with Crippen LogP contribution in [0.15, 0.2) is 11.6 Å².